The first kappa shape index (κ1) is 32.0. The maximum atomic E-state index is 14.1. The number of hydrogen-bond donors (Lipinski definition) is 1. The highest BCUT2D eigenvalue weighted by atomic mass is 35.5. The summed E-state index contributed by atoms with van der Waals surface area (Å²) in [6.07, 6.45) is 0. The third kappa shape index (κ3) is 8.24. The minimum Gasteiger partial charge on any atom is -0.497 e. The van der Waals surface area contributed by atoms with Crippen molar-refractivity contribution in [2.75, 3.05) is 24.5 Å². The molecule has 3 rings (SSSR count). The lowest BCUT2D eigenvalue weighted by Gasteiger charge is -2.32. The molecular formula is C31H38ClN3O5S. The number of benzene rings is 3. The van der Waals surface area contributed by atoms with Crippen LogP contribution in [0.1, 0.15) is 37.5 Å². The summed E-state index contributed by atoms with van der Waals surface area (Å²) < 4.78 is 34.4. The second-order valence-corrected chi connectivity index (χ2v) is 12.7. The van der Waals surface area contributed by atoms with Gasteiger partial charge >= 0.3 is 0 Å². The summed E-state index contributed by atoms with van der Waals surface area (Å²) in [5.74, 6) is -0.0421. The topological polar surface area (TPSA) is 96.0 Å². The van der Waals surface area contributed by atoms with Crippen LogP contribution in [-0.4, -0.2) is 51.4 Å². The van der Waals surface area contributed by atoms with Crippen molar-refractivity contribution in [1.29, 1.82) is 0 Å². The van der Waals surface area contributed by atoms with E-state index in [4.69, 9.17) is 16.3 Å². The van der Waals surface area contributed by atoms with E-state index in [2.05, 4.69) is 5.32 Å². The summed E-state index contributed by atoms with van der Waals surface area (Å²) in [4.78, 5) is 28.6. The lowest BCUT2D eigenvalue weighted by Crippen LogP contribution is -2.51. The van der Waals surface area contributed by atoms with Gasteiger partial charge in [0.25, 0.3) is 10.0 Å². The second kappa shape index (κ2) is 13.9. The number of carbonyl (C=O) groups is 2. The molecule has 0 spiro atoms. The molecule has 2 amide bonds. The molecule has 0 aliphatic heterocycles. The molecule has 0 bridgehead atoms. The van der Waals surface area contributed by atoms with Crippen molar-refractivity contribution in [3.63, 3.8) is 0 Å². The van der Waals surface area contributed by atoms with Gasteiger partial charge in [-0.05, 0) is 80.3 Å². The van der Waals surface area contributed by atoms with Gasteiger partial charge in [-0.2, -0.15) is 0 Å². The highest BCUT2D eigenvalue weighted by Gasteiger charge is 2.33. The predicted molar refractivity (Wildman–Crippen MR) is 163 cm³/mol. The molecule has 3 aromatic rings. The van der Waals surface area contributed by atoms with Crippen molar-refractivity contribution in [2.45, 2.75) is 52.1 Å². The second-order valence-electron chi connectivity index (χ2n) is 10.4. The zero-order valence-corrected chi connectivity index (χ0v) is 25.9. The third-order valence-corrected chi connectivity index (χ3v) is 8.66. The molecule has 0 aromatic heterocycles. The lowest BCUT2D eigenvalue weighted by atomic mass is 10.1. The first-order chi connectivity index (χ1) is 19.3. The number of methoxy groups -OCH3 is 1. The highest BCUT2D eigenvalue weighted by molar-refractivity contribution is 7.92. The average Bonchev–Trinajstić information content (AvgIpc) is 2.93. The first-order valence-electron chi connectivity index (χ1n) is 13.4. The van der Waals surface area contributed by atoms with E-state index in [1.165, 1.54) is 17.0 Å². The highest BCUT2D eigenvalue weighted by Crippen LogP contribution is 2.29. The van der Waals surface area contributed by atoms with Crippen LogP contribution >= 0.6 is 11.6 Å². The molecule has 0 fully saturated rings. The normalized spacial score (nSPS) is 12.1. The van der Waals surface area contributed by atoms with Gasteiger partial charge in [0.1, 0.15) is 18.3 Å². The Labute approximate surface area is 248 Å². The maximum Gasteiger partial charge on any atom is 0.264 e. The quantitative estimate of drug-likeness (QED) is 0.303. The minimum absolute atomic E-state index is 0.0484. The minimum atomic E-state index is -4.16. The molecule has 0 aliphatic carbocycles. The lowest BCUT2D eigenvalue weighted by molar-refractivity contribution is -0.139. The van der Waals surface area contributed by atoms with Crippen LogP contribution in [0.5, 0.6) is 5.75 Å². The standard InChI is InChI=1S/C31H38ClN3O5S/c1-21(2)18-33-31(37)24(5)34(19-25-8-7-9-27(17-25)40-6)30(36)20-35(29-15-12-26(32)16-23(29)4)41(38,39)28-13-10-22(3)11-14-28/h7-17,21,24H,18-20H2,1-6H3,(H,33,37). The van der Waals surface area contributed by atoms with Gasteiger partial charge in [-0.1, -0.05) is 55.3 Å². The molecule has 8 nitrogen and oxygen atoms in total. The molecule has 10 heteroatoms. The Morgan fingerprint density at radius 1 is 0.976 bits per heavy atom. The van der Waals surface area contributed by atoms with Gasteiger partial charge in [0.15, 0.2) is 0 Å². The Bertz CT molecular complexity index is 1480. The van der Waals surface area contributed by atoms with E-state index in [1.807, 2.05) is 26.8 Å². The van der Waals surface area contributed by atoms with Crippen LogP contribution in [0.4, 0.5) is 5.69 Å². The Morgan fingerprint density at radius 2 is 1.66 bits per heavy atom. The Kier molecular flexibility index (Phi) is 10.8. The number of nitrogens with one attached hydrogen (secondary N) is 1. The number of aryl methyl sites for hydroxylation is 2. The maximum absolute atomic E-state index is 14.1. The van der Waals surface area contributed by atoms with Crippen molar-refractivity contribution < 1.29 is 22.7 Å². The van der Waals surface area contributed by atoms with Gasteiger partial charge in [-0.15, -0.1) is 0 Å². The Morgan fingerprint density at radius 3 is 2.27 bits per heavy atom. The summed E-state index contributed by atoms with van der Waals surface area (Å²) in [6.45, 7) is 9.19. The van der Waals surface area contributed by atoms with Crippen molar-refractivity contribution in [3.05, 3.63) is 88.4 Å². The number of amides is 2. The number of ether oxygens (including phenoxy) is 1. The Balaban J connectivity index is 2.05. The molecule has 3 aromatic carbocycles. The van der Waals surface area contributed by atoms with Crippen LogP contribution in [-0.2, 0) is 26.2 Å². The zero-order valence-electron chi connectivity index (χ0n) is 24.3. The molecule has 1 unspecified atom stereocenters. The number of carbonyl (C=O) groups excluding carboxylic acids is 2. The van der Waals surface area contributed by atoms with Gasteiger partial charge < -0.3 is 15.0 Å². The molecule has 220 valence electrons. The molecule has 0 radical (unpaired) electrons. The van der Waals surface area contributed by atoms with Gasteiger partial charge in [-0.3, -0.25) is 13.9 Å². The zero-order chi connectivity index (χ0) is 30.3. The Hall–Kier alpha value is -3.56. The predicted octanol–water partition coefficient (Wildman–Crippen LogP) is 5.35. The van der Waals surface area contributed by atoms with E-state index in [-0.39, 0.29) is 23.3 Å². The molecule has 0 heterocycles. The van der Waals surface area contributed by atoms with E-state index < -0.39 is 28.5 Å². The monoisotopic (exact) mass is 599 g/mol. The van der Waals surface area contributed by atoms with Crippen LogP contribution in [0, 0.1) is 19.8 Å². The average molecular weight is 600 g/mol. The third-order valence-electron chi connectivity index (χ3n) is 6.65. The summed E-state index contributed by atoms with van der Waals surface area (Å²) in [6, 6.07) is 17.6. The first-order valence-corrected chi connectivity index (χ1v) is 15.2. The number of anilines is 1. The number of rotatable bonds is 12. The fraction of sp³-hybridized carbons (Fsp3) is 0.355. The van der Waals surface area contributed by atoms with Gasteiger partial charge in [0, 0.05) is 18.1 Å². The fourth-order valence-corrected chi connectivity index (χ4v) is 5.96. The fourth-order valence-electron chi connectivity index (χ4n) is 4.25. The molecule has 0 saturated heterocycles. The van der Waals surface area contributed by atoms with Gasteiger partial charge in [-0.25, -0.2) is 8.42 Å². The van der Waals surface area contributed by atoms with Crippen LogP contribution in [0.2, 0.25) is 5.02 Å². The smallest absolute Gasteiger partial charge is 0.264 e. The van der Waals surface area contributed by atoms with Crippen LogP contribution in [0.25, 0.3) is 0 Å². The van der Waals surface area contributed by atoms with E-state index in [9.17, 15) is 18.0 Å². The molecule has 1 N–H and O–H groups in total. The van der Waals surface area contributed by atoms with E-state index in [1.54, 1.807) is 69.5 Å². The van der Waals surface area contributed by atoms with Gasteiger partial charge in [0.05, 0.1) is 17.7 Å². The van der Waals surface area contributed by atoms with Crippen LogP contribution in [0.15, 0.2) is 71.6 Å². The number of sulfonamides is 1. The summed E-state index contributed by atoms with van der Waals surface area (Å²) in [5.41, 5.74) is 2.54. The molecule has 0 aliphatic rings. The molecule has 1 atom stereocenters. The van der Waals surface area contributed by atoms with Crippen molar-refractivity contribution in [3.8, 4) is 5.75 Å². The summed E-state index contributed by atoms with van der Waals surface area (Å²) in [7, 11) is -2.62. The van der Waals surface area contributed by atoms with E-state index in [0.717, 1.165) is 15.4 Å². The molecule has 0 saturated carbocycles. The number of halogens is 1. The number of nitrogens with zero attached hydrogens (tertiary/aromatic N) is 2. The van der Waals surface area contributed by atoms with Gasteiger partial charge in [0.2, 0.25) is 11.8 Å². The molecule has 41 heavy (non-hydrogen) atoms. The largest absolute Gasteiger partial charge is 0.497 e. The van der Waals surface area contributed by atoms with Crippen molar-refractivity contribution >= 4 is 39.1 Å². The number of hydrogen-bond acceptors (Lipinski definition) is 5. The molecular weight excluding hydrogens is 562 g/mol. The summed E-state index contributed by atoms with van der Waals surface area (Å²) in [5, 5.41) is 3.33. The van der Waals surface area contributed by atoms with E-state index in [0.29, 0.717) is 28.6 Å². The van der Waals surface area contributed by atoms with Crippen molar-refractivity contribution in [1.82, 2.24) is 10.2 Å². The van der Waals surface area contributed by atoms with E-state index >= 15 is 0 Å². The van der Waals surface area contributed by atoms with Crippen molar-refractivity contribution in [2.24, 2.45) is 5.92 Å². The summed E-state index contributed by atoms with van der Waals surface area (Å²) >= 11 is 6.17. The van der Waals surface area contributed by atoms with Crippen LogP contribution < -0.4 is 14.4 Å². The van der Waals surface area contributed by atoms with Crippen LogP contribution in [0.3, 0.4) is 0 Å². The SMILES string of the molecule is COc1cccc(CN(C(=O)CN(c2ccc(Cl)cc2C)S(=O)(=O)c2ccc(C)cc2)C(C)C(=O)NCC(C)C)c1.